The number of hydrogen-bond donors (Lipinski definition) is 0. The van der Waals surface area contributed by atoms with E-state index < -0.39 is 11.9 Å². The number of carbonyl (C=O) groups is 2. The number of allylic oxidation sites excluding steroid dienone is 3. The van der Waals surface area contributed by atoms with Crippen molar-refractivity contribution < 1.29 is 19.1 Å². The van der Waals surface area contributed by atoms with E-state index in [-0.39, 0.29) is 11.3 Å². The first-order chi connectivity index (χ1) is 17.9. The van der Waals surface area contributed by atoms with E-state index in [4.69, 9.17) is 9.47 Å². The molecule has 0 atom stereocenters. The summed E-state index contributed by atoms with van der Waals surface area (Å²) in [4.78, 5) is 28.4. The smallest absolute Gasteiger partial charge is 0.352 e. The van der Waals surface area contributed by atoms with Crippen LogP contribution in [-0.4, -0.2) is 19.0 Å². The Labute approximate surface area is 221 Å². The molecule has 4 saturated carbocycles. The van der Waals surface area contributed by atoms with E-state index in [2.05, 4.69) is 25.1 Å². The SMILES string of the molecule is COC(=O)/C(C#N)=C1\OC(=O)/C(=C(/C)c2cc(-c3ccccc3)sc2C)C1=C1C2CC3CC(C2)CC1C3. The van der Waals surface area contributed by atoms with E-state index in [1.54, 1.807) is 11.3 Å². The minimum Gasteiger partial charge on any atom is -0.465 e. The molecule has 0 unspecified atom stereocenters. The first kappa shape index (κ1) is 23.9. The highest BCUT2D eigenvalue weighted by Gasteiger charge is 2.49. The summed E-state index contributed by atoms with van der Waals surface area (Å²) < 4.78 is 10.7. The third-order valence-electron chi connectivity index (χ3n) is 8.67. The topological polar surface area (TPSA) is 76.4 Å². The second-order valence-corrected chi connectivity index (χ2v) is 12.0. The molecular weight excluding hydrogens is 482 g/mol. The molecule has 0 radical (unpaired) electrons. The Hall–Kier alpha value is -3.43. The molecule has 7 rings (SSSR count). The summed E-state index contributed by atoms with van der Waals surface area (Å²) in [5, 5.41) is 9.92. The second-order valence-electron chi connectivity index (χ2n) is 10.8. The van der Waals surface area contributed by atoms with Crippen molar-refractivity contribution in [2.24, 2.45) is 23.7 Å². The van der Waals surface area contributed by atoms with Crippen molar-refractivity contribution in [2.75, 3.05) is 7.11 Å². The van der Waals surface area contributed by atoms with Gasteiger partial charge in [0.1, 0.15) is 6.07 Å². The number of aryl methyl sites for hydroxylation is 1. The molecule has 0 amide bonds. The fraction of sp³-hybridized carbons (Fsp3) is 0.387. The number of methoxy groups -OCH3 is 1. The highest BCUT2D eigenvalue weighted by molar-refractivity contribution is 7.15. The van der Waals surface area contributed by atoms with Gasteiger partial charge in [0.15, 0.2) is 11.3 Å². The van der Waals surface area contributed by atoms with Crippen LogP contribution < -0.4 is 0 Å². The predicted molar refractivity (Wildman–Crippen MR) is 142 cm³/mol. The van der Waals surface area contributed by atoms with Gasteiger partial charge in [0, 0.05) is 15.3 Å². The third-order valence-corrected chi connectivity index (χ3v) is 9.77. The maximum atomic E-state index is 13.6. The monoisotopic (exact) mass is 511 g/mol. The molecule has 188 valence electrons. The standard InChI is InChI=1S/C31H29NO4S/c1-16(23-14-25(37-17(23)2)20-7-5-4-6-8-20)26-28(29(36-31(26)34)24(15-32)30(33)35-3)27-21-10-18-9-19(12-21)13-22(27)11-18/h4-8,14,18-19,21-22H,9-13H2,1-3H3/b26-16-,28-27?,29-24-. The van der Waals surface area contributed by atoms with Crippen molar-refractivity contribution >= 4 is 28.8 Å². The summed E-state index contributed by atoms with van der Waals surface area (Å²) >= 11 is 1.69. The molecule has 4 bridgehead atoms. The number of cyclic esters (lactones) is 1. The molecule has 2 heterocycles. The number of esters is 2. The fourth-order valence-electron chi connectivity index (χ4n) is 7.33. The number of carbonyl (C=O) groups excluding carboxylic acids is 2. The molecule has 4 aliphatic carbocycles. The molecule has 2 aromatic rings. The lowest BCUT2D eigenvalue weighted by Crippen LogP contribution is -2.41. The highest BCUT2D eigenvalue weighted by atomic mass is 32.1. The molecular formula is C31H29NO4S. The molecule has 6 heteroatoms. The molecule has 1 aromatic heterocycles. The molecule has 1 aromatic carbocycles. The van der Waals surface area contributed by atoms with E-state index in [0.29, 0.717) is 23.0 Å². The van der Waals surface area contributed by atoms with Crippen molar-refractivity contribution in [2.45, 2.75) is 46.0 Å². The number of nitriles is 1. The summed E-state index contributed by atoms with van der Waals surface area (Å²) in [6.07, 6.45) is 5.73. The quantitative estimate of drug-likeness (QED) is 0.259. The van der Waals surface area contributed by atoms with Gasteiger partial charge in [0.2, 0.25) is 0 Å². The maximum absolute atomic E-state index is 13.6. The van der Waals surface area contributed by atoms with Gasteiger partial charge in [-0.1, -0.05) is 35.9 Å². The predicted octanol–water partition coefficient (Wildman–Crippen LogP) is 6.76. The summed E-state index contributed by atoms with van der Waals surface area (Å²) in [6.45, 7) is 4.03. The number of thiophene rings is 1. The van der Waals surface area contributed by atoms with Crippen LogP contribution in [0.3, 0.4) is 0 Å². The van der Waals surface area contributed by atoms with Crippen LogP contribution in [0.5, 0.6) is 0 Å². The first-order valence-electron chi connectivity index (χ1n) is 13.0. The van der Waals surface area contributed by atoms with E-state index >= 15 is 0 Å². The number of rotatable bonds is 3. The zero-order chi connectivity index (χ0) is 25.8. The van der Waals surface area contributed by atoms with Crippen molar-refractivity contribution in [1.29, 1.82) is 5.26 Å². The summed E-state index contributed by atoms with van der Waals surface area (Å²) in [5.74, 6) is 1.01. The fourth-order valence-corrected chi connectivity index (χ4v) is 8.41. The Balaban J connectivity index is 1.58. The molecule has 1 aliphatic heterocycles. The van der Waals surface area contributed by atoms with Crippen LogP contribution in [0.15, 0.2) is 64.4 Å². The second kappa shape index (κ2) is 9.15. The van der Waals surface area contributed by atoms with Crippen LogP contribution in [-0.2, 0) is 19.1 Å². The average molecular weight is 512 g/mol. The Bertz CT molecular complexity index is 1420. The number of ether oxygens (including phenoxy) is 2. The van der Waals surface area contributed by atoms with Crippen LogP contribution in [0.1, 0.15) is 49.5 Å². The zero-order valence-electron chi connectivity index (χ0n) is 21.3. The van der Waals surface area contributed by atoms with Crippen LogP contribution in [0.25, 0.3) is 16.0 Å². The normalized spacial score (nSPS) is 28.8. The molecule has 5 aliphatic rings. The molecule has 1 saturated heterocycles. The van der Waals surface area contributed by atoms with Crippen molar-refractivity contribution in [3.05, 3.63) is 74.9 Å². The van der Waals surface area contributed by atoms with Crippen molar-refractivity contribution in [3.8, 4) is 16.5 Å². The van der Waals surface area contributed by atoms with E-state index in [9.17, 15) is 14.9 Å². The maximum Gasteiger partial charge on any atom is 0.352 e. The Kier molecular flexibility index (Phi) is 5.92. The minimum absolute atomic E-state index is 0.0901. The molecule has 0 N–H and O–H groups in total. The van der Waals surface area contributed by atoms with E-state index in [1.807, 2.05) is 31.2 Å². The van der Waals surface area contributed by atoms with Crippen LogP contribution in [0.2, 0.25) is 0 Å². The Morgan fingerprint density at radius 2 is 1.73 bits per heavy atom. The van der Waals surface area contributed by atoms with Gasteiger partial charge >= 0.3 is 11.9 Å². The number of benzene rings is 1. The van der Waals surface area contributed by atoms with Gasteiger partial charge < -0.3 is 9.47 Å². The lowest BCUT2D eigenvalue weighted by molar-refractivity contribution is -0.136. The van der Waals surface area contributed by atoms with Gasteiger partial charge in [-0.3, -0.25) is 0 Å². The van der Waals surface area contributed by atoms with Gasteiger partial charge in [-0.25, -0.2) is 9.59 Å². The van der Waals surface area contributed by atoms with Crippen LogP contribution in [0.4, 0.5) is 0 Å². The van der Waals surface area contributed by atoms with Crippen LogP contribution >= 0.6 is 11.3 Å². The van der Waals surface area contributed by atoms with Gasteiger partial charge in [-0.05, 0) is 92.4 Å². The summed E-state index contributed by atoms with van der Waals surface area (Å²) in [7, 11) is 1.24. The average Bonchev–Trinajstić information content (AvgIpc) is 3.44. The van der Waals surface area contributed by atoms with E-state index in [1.165, 1.54) is 19.1 Å². The molecule has 37 heavy (non-hydrogen) atoms. The number of nitrogens with zero attached hydrogens (tertiary/aromatic N) is 1. The summed E-state index contributed by atoms with van der Waals surface area (Å²) in [6, 6.07) is 14.3. The summed E-state index contributed by atoms with van der Waals surface area (Å²) in [5.41, 5.74) is 5.12. The zero-order valence-corrected chi connectivity index (χ0v) is 22.1. The molecule has 5 fully saturated rings. The third kappa shape index (κ3) is 3.88. The lowest BCUT2D eigenvalue weighted by atomic mass is 9.53. The largest absolute Gasteiger partial charge is 0.465 e. The van der Waals surface area contributed by atoms with Crippen molar-refractivity contribution in [1.82, 2.24) is 0 Å². The van der Waals surface area contributed by atoms with Crippen molar-refractivity contribution in [3.63, 3.8) is 0 Å². The molecule has 5 nitrogen and oxygen atoms in total. The Morgan fingerprint density at radius 3 is 2.32 bits per heavy atom. The van der Waals surface area contributed by atoms with Gasteiger partial charge in [-0.2, -0.15) is 5.26 Å². The van der Waals surface area contributed by atoms with Crippen LogP contribution in [0, 0.1) is 41.9 Å². The minimum atomic E-state index is -0.774. The molecule has 0 spiro atoms. The first-order valence-corrected chi connectivity index (χ1v) is 13.8. The van der Waals surface area contributed by atoms with Gasteiger partial charge in [-0.15, -0.1) is 11.3 Å². The Morgan fingerprint density at radius 1 is 1.08 bits per heavy atom. The highest BCUT2D eigenvalue weighted by Crippen LogP contribution is 2.59. The lowest BCUT2D eigenvalue weighted by Gasteiger charge is -2.52. The number of hydrogen-bond acceptors (Lipinski definition) is 6. The van der Waals surface area contributed by atoms with Gasteiger partial charge in [0.25, 0.3) is 0 Å². The van der Waals surface area contributed by atoms with E-state index in [0.717, 1.165) is 64.0 Å². The van der Waals surface area contributed by atoms with Gasteiger partial charge in [0.05, 0.1) is 12.7 Å².